The van der Waals surface area contributed by atoms with Crippen molar-refractivity contribution in [3.63, 3.8) is 0 Å². The summed E-state index contributed by atoms with van der Waals surface area (Å²) in [5.74, 6) is -0.390. The second-order valence-electron chi connectivity index (χ2n) is 4.23. The summed E-state index contributed by atoms with van der Waals surface area (Å²) in [5.41, 5.74) is 0.293. The first-order chi connectivity index (χ1) is 8.00. The highest BCUT2D eigenvalue weighted by molar-refractivity contribution is 6.42. The van der Waals surface area contributed by atoms with Gasteiger partial charge in [-0.2, -0.15) is 0 Å². The van der Waals surface area contributed by atoms with Gasteiger partial charge in [-0.1, -0.05) is 23.2 Å². The second kappa shape index (κ2) is 4.83. The molecule has 0 aromatic heterocycles. The van der Waals surface area contributed by atoms with E-state index in [9.17, 15) is 9.18 Å². The van der Waals surface area contributed by atoms with Crippen molar-refractivity contribution in [3.05, 3.63) is 33.6 Å². The van der Waals surface area contributed by atoms with Gasteiger partial charge in [0.1, 0.15) is 5.82 Å². The molecule has 1 atom stereocenters. The van der Waals surface area contributed by atoms with Crippen LogP contribution in [-0.4, -0.2) is 16.8 Å². The fraction of sp³-hybridized carbons (Fsp3) is 0.417. The molecular weight excluding hydrogens is 264 g/mol. The van der Waals surface area contributed by atoms with Crippen LogP contribution < -0.4 is 0 Å². The summed E-state index contributed by atoms with van der Waals surface area (Å²) in [6.07, 6.45) is 1.32. The lowest BCUT2D eigenvalue weighted by molar-refractivity contribution is -0.129. The van der Waals surface area contributed by atoms with Gasteiger partial charge in [0.2, 0.25) is 5.91 Å². The zero-order chi connectivity index (χ0) is 12.6. The molecule has 0 bridgehead atoms. The van der Waals surface area contributed by atoms with Crippen LogP contribution >= 0.6 is 23.2 Å². The monoisotopic (exact) mass is 275 g/mol. The van der Waals surface area contributed by atoms with E-state index in [0.717, 1.165) is 6.42 Å². The topological polar surface area (TPSA) is 20.3 Å². The number of carbonyl (C=O) groups is 1. The number of hydrogen-bond acceptors (Lipinski definition) is 1. The van der Waals surface area contributed by atoms with E-state index in [0.29, 0.717) is 17.0 Å². The number of benzene rings is 1. The molecule has 2 nitrogen and oxygen atoms in total. The molecule has 0 saturated carbocycles. The highest BCUT2D eigenvalue weighted by atomic mass is 35.5. The van der Waals surface area contributed by atoms with Gasteiger partial charge in [-0.3, -0.25) is 4.79 Å². The quantitative estimate of drug-likeness (QED) is 0.755. The maximum absolute atomic E-state index is 13.7. The molecule has 17 heavy (non-hydrogen) atoms. The fourth-order valence-electron chi connectivity index (χ4n) is 2.01. The van der Waals surface area contributed by atoms with Crippen molar-refractivity contribution in [2.45, 2.75) is 32.4 Å². The highest BCUT2D eigenvalue weighted by Gasteiger charge is 2.29. The molecule has 1 heterocycles. The Balaban J connectivity index is 2.30. The normalized spacial score (nSPS) is 20.1. The first kappa shape index (κ1) is 12.7. The van der Waals surface area contributed by atoms with Gasteiger partial charge in [0.15, 0.2) is 0 Å². The molecule has 1 aliphatic rings. The lowest BCUT2D eigenvalue weighted by atomic mass is 10.2. The molecule has 0 unspecified atom stereocenters. The third-order valence-corrected chi connectivity index (χ3v) is 3.94. The average Bonchev–Trinajstić information content (AvgIpc) is 2.60. The maximum Gasteiger partial charge on any atom is 0.223 e. The highest BCUT2D eigenvalue weighted by Crippen LogP contribution is 2.31. The summed E-state index contributed by atoms with van der Waals surface area (Å²) in [6, 6.07) is 2.81. The number of nitrogens with zero attached hydrogens (tertiary/aromatic N) is 1. The van der Waals surface area contributed by atoms with Crippen molar-refractivity contribution in [2.24, 2.45) is 0 Å². The summed E-state index contributed by atoms with van der Waals surface area (Å²) >= 11 is 11.8. The van der Waals surface area contributed by atoms with Crippen LogP contribution in [0.1, 0.15) is 25.3 Å². The number of likely N-dealkylation sites (tertiary alicyclic amines) is 1. The molecule has 1 aliphatic heterocycles. The van der Waals surface area contributed by atoms with E-state index >= 15 is 0 Å². The van der Waals surface area contributed by atoms with Gasteiger partial charge in [-0.25, -0.2) is 4.39 Å². The molecule has 1 amide bonds. The van der Waals surface area contributed by atoms with Gasteiger partial charge in [-0.15, -0.1) is 0 Å². The zero-order valence-corrected chi connectivity index (χ0v) is 10.9. The Labute approximate surface area is 109 Å². The van der Waals surface area contributed by atoms with Gasteiger partial charge in [-0.05, 0) is 25.5 Å². The van der Waals surface area contributed by atoms with Crippen LogP contribution in [0.5, 0.6) is 0 Å². The summed E-state index contributed by atoms with van der Waals surface area (Å²) in [5, 5.41) is 0.501. The van der Waals surface area contributed by atoms with E-state index in [4.69, 9.17) is 23.2 Å². The van der Waals surface area contributed by atoms with Gasteiger partial charge in [0.25, 0.3) is 0 Å². The number of hydrogen-bond donors (Lipinski definition) is 0. The largest absolute Gasteiger partial charge is 0.335 e. The van der Waals surface area contributed by atoms with E-state index in [-0.39, 0.29) is 23.5 Å². The van der Waals surface area contributed by atoms with Crippen molar-refractivity contribution >= 4 is 29.1 Å². The Morgan fingerprint density at radius 1 is 1.47 bits per heavy atom. The molecule has 5 heteroatoms. The van der Waals surface area contributed by atoms with Gasteiger partial charge in [0, 0.05) is 18.0 Å². The van der Waals surface area contributed by atoms with Crippen molar-refractivity contribution < 1.29 is 9.18 Å². The molecule has 92 valence electrons. The van der Waals surface area contributed by atoms with E-state index in [1.165, 1.54) is 12.1 Å². The van der Waals surface area contributed by atoms with Gasteiger partial charge >= 0.3 is 0 Å². The van der Waals surface area contributed by atoms with Gasteiger partial charge in [0.05, 0.1) is 16.6 Å². The van der Waals surface area contributed by atoms with Crippen LogP contribution in [-0.2, 0) is 11.3 Å². The first-order valence-corrected chi connectivity index (χ1v) is 6.18. The maximum atomic E-state index is 13.7. The van der Waals surface area contributed by atoms with Crippen molar-refractivity contribution in [1.29, 1.82) is 0 Å². The third kappa shape index (κ3) is 2.40. The van der Waals surface area contributed by atoms with E-state index in [1.54, 1.807) is 4.90 Å². The minimum absolute atomic E-state index is 0.0351. The molecule has 0 N–H and O–H groups in total. The Kier molecular flexibility index (Phi) is 3.59. The van der Waals surface area contributed by atoms with Crippen molar-refractivity contribution in [1.82, 2.24) is 4.90 Å². The van der Waals surface area contributed by atoms with E-state index in [1.807, 2.05) is 6.92 Å². The van der Waals surface area contributed by atoms with Crippen molar-refractivity contribution in [2.75, 3.05) is 0 Å². The minimum Gasteiger partial charge on any atom is -0.335 e. The molecule has 1 aromatic rings. The fourth-order valence-corrected chi connectivity index (χ4v) is 2.40. The lowest BCUT2D eigenvalue weighted by Gasteiger charge is -2.22. The number of rotatable bonds is 2. The number of halogens is 3. The molecule has 1 aromatic carbocycles. The minimum atomic E-state index is -0.425. The first-order valence-electron chi connectivity index (χ1n) is 5.42. The van der Waals surface area contributed by atoms with Crippen LogP contribution in [0.3, 0.4) is 0 Å². The Morgan fingerprint density at radius 3 is 2.76 bits per heavy atom. The van der Waals surface area contributed by atoms with Crippen LogP contribution in [0.15, 0.2) is 12.1 Å². The molecular formula is C12H12Cl2FNO. The SMILES string of the molecule is C[C@@H]1CCC(=O)N1Cc1c(F)ccc(Cl)c1Cl. The Hall–Kier alpha value is -0.800. The number of amides is 1. The van der Waals surface area contributed by atoms with E-state index < -0.39 is 5.82 Å². The van der Waals surface area contributed by atoms with Crippen LogP contribution in [0.2, 0.25) is 10.0 Å². The predicted octanol–water partition coefficient (Wildman–Crippen LogP) is 3.64. The molecule has 1 fully saturated rings. The summed E-state index contributed by atoms with van der Waals surface area (Å²) < 4.78 is 13.7. The average molecular weight is 276 g/mol. The summed E-state index contributed by atoms with van der Waals surface area (Å²) in [7, 11) is 0. The van der Waals surface area contributed by atoms with Crippen LogP contribution in [0.25, 0.3) is 0 Å². The Morgan fingerprint density at radius 2 is 2.18 bits per heavy atom. The zero-order valence-electron chi connectivity index (χ0n) is 9.34. The van der Waals surface area contributed by atoms with E-state index in [2.05, 4.69) is 0 Å². The summed E-state index contributed by atoms with van der Waals surface area (Å²) in [6.45, 7) is 2.13. The third-order valence-electron chi connectivity index (χ3n) is 3.10. The second-order valence-corrected chi connectivity index (χ2v) is 5.02. The van der Waals surface area contributed by atoms with Crippen LogP contribution in [0.4, 0.5) is 4.39 Å². The molecule has 2 rings (SSSR count). The molecule has 1 saturated heterocycles. The molecule has 0 aliphatic carbocycles. The smallest absolute Gasteiger partial charge is 0.223 e. The van der Waals surface area contributed by atoms with Gasteiger partial charge < -0.3 is 4.90 Å². The Bertz CT molecular complexity index is 464. The van der Waals surface area contributed by atoms with Crippen molar-refractivity contribution in [3.8, 4) is 0 Å². The number of carbonyl (C=O) groups excluding carboxylic acids is 1. The van der Waals surface area contributed by atoms with Crippen LogP contribution in [0, 0.1) is 5.82 Å². The predicted molar refractivity (Wildman–Crippen MR) is 65.7 cm³/mol. The summed E-state index contributed by atoms with van der Waals surface area (Å²) in [4.78, 5) is 13.3. The lowest BCUT2D eigenvalue weighted by Crippen LogP contribution is -2.30. The molecule has 0 spiro atoms. The standard InChI is InChI=1S/C12H12Cl2FNO/c1-7-2-5-11(17)16(7)6-8-10(15)4-3-9(13)12(8)14/h3-4,7H,2,5-6H2,1H3/t7-/m1/s1. The molecule has 0 radical (unpaired) electrons.